The van der Waals surface area contributed by atoms with E-state index in [0.29, 0.717) is 18.0 Å². The van der Waals surface area contributed by atoms with E-state index in [1.807, 2.05) is 30.3 Å². The van der Waals surface area contributed by atoms with Crippen LogP contribution in [0.25, 0.3) is 0 Å². The van der Waals surface area contributed by atoms with E-state index in [9.17, 15) is 9.18 Å². The Bertz CT molecular complexity index is 864. The Morgan fingerprint density at radius 3 is 2.22 bits per heavy atom. The van der Waals surface area contributed by atoms with Gasteiger partial charge < -0.3 is 14.8 Å². The number of ether oxygens (including phenoxy) is 2. The summed E-state index contributed by atoms with van der Waals surface area (Å²) >= 11 is 0. The van der Waals surface area contributed by atoms with Gasteiger partial charge in [-0.05, 0) is 61.0 Å². The zero-order valence-electron chi connectivity index (χ0n) is 14.9. The van der Waals surface area contributed by atoms with Crippen LogP contribution >= 0.6 is 0 Å². The Kier molecular flexibility index (Phi) is 6.05. The fraction of sp³-hybridized carbons (Fsp3) is 0.136. The predicted octanol–water partition coefficient (Wildman–Crippen LogP) is 4.81. The second kappa shape index (κ2) is 8.85. The molecule has 0 fully saturated rings. The van der Waals surface area contributed by atoms with Crippen molar-refractivity contribution in [1.82, 2.24) is 0 Å². The van der Waals surface area contributed by atoms with E-state index >= 15 is 0 Å². The fourth-order valence-corrected chi connectivity index (χ4v) is 2.39. The van der Waals surface area contributed by atoms with Crippen molar-refractivity contribution in [2.24, 2.45) is 0 Å². The highest BCUT2D eigenvalue weighted by atomic mass is 19.1. The van der Waals surface area contributed by atoms with Gasteiger partial charge in [0.1, 0.15) is 23.9 Å². The van der Waals surface area contributed by atoms with Gasteiger partial charge >= 0.3 is 0 Å². The number of amides is 1. The minimum absolute atomic E-state index is 0.314. The van der Waals surface area contributed by atoms with Crippen LogP contribution in [0.15, 0.2) is 78.9 Å². The molecular weight excluding hydrogens is 345 g/mol. The van der Waals surface area contributed by atoms with Gasteiger partial charge in [-0.1, -0.05) is 30.3 Å². The van der Waals surface area contributed by atoms with Crippen LogP contribution in [0.1, 0.15) is 12.5 Å². The maximum absolute atomic E-state index is 12.9. The molecule has 5 heteroatoms. The van der Waals surface area contributed by atoms with Crippen molar-refractivity contribution in [3.05, 3.63) is 90.2 Å². The lowest BCUT2D eigenvalue weighted by Crippen LogP contribution is -2.30. The average molecular weight is 365 g/mol. The molecule has 1 N–H and O–H groups in total. The van der Waals surface area contributed by atoms with Crippen LogP contribution in [0.5, 0.6) is 11.5 Å². The van der Waals surface area contributed by atoms with Crippen molar-refractivity contribution in [1.29, 1.82) is 0 Å². The number of carbonyl (C=O) groups excluding carboxylic acids is 1. The summed E-state index contributed by atoms with van der Waals surface area (Å²) in [5.74, 6) is 0.608. The molecule has 0 aliphatic heterocycles. The van der Waals surface area contributed by atoms with Gasteiger partial charge in [0.05, 0.1) is 0 Å². The molecule has 1 unspecified atom stereocenters. The minimum Gasteiger partial charge on any atom is -0.489 e. The second-order valence-corrected chi connectivity index (χ2v) is 6.00. The summed E-state index contributed by atoms with van der Waals surface area (Å²) in [6, 6.07) is 22.6. The highest BCUT2D eigenvalue weighted by Crippen LogP contribution is 2.20. The van der Waals surface area contributed by atoms with Gasteiger partial charge in [0, 0.05) is 5.69 Å². The number of halogens is 1. The fourth-order valence-electron chi connectivity index (χ4n) is 2.39. The smallest absolute Gasteiger partial charge is 0.265 e. The third-order valence-electron chi connectivity index (χ3n) is 3.87. The van der Waals surface area contributed by atoms with Crippen LogP contribution in [-0.2, 0) is 11.4 Å². The molecule has 1 amide bonds. The van der Waals surface area contributed by atoms with Crippen LogP contribution < -0.4 is 14.8 Å². The van der Waals surface area contributed by atoms with E-state index in [1.54, 1.807) is 31.2 Å². The molecule has 0 aliphatic rings. The van der Waals surface area contributed by atoms with Crippen LogP contribution in [0.3, 0.4) is 0 Å². The van der Waals surface area contributed by atoms with E-state index in [0.717, 1.165) is 11.3 Å². The summed E-state index contributed by atoms with van der Waals surface area (Å²) in [6.07, 6.45) is -0.703. The Morgan fingerprint density at radius 2 is 1.56 bits per heavy atom. The zero-order valence-corrected chi connectivity index (χ0v) is 14.9. The SMILES string of the molecule is CC(Oc1ccc(OCc2ccccc2)cc1)C(=O)Nc1ccc(F)cc1. The maximum atomic E-state index is 12.9. The molecule has 0 aromatic heterocycles. The first-order valence-electron chi connectivity index (χ1n) is 8.60. The molecule has 4 nitrogen and oxygen atoms in total. The summed E-state index contributed by atoms with van der Waals surface area (Å²) < 4.78 is 24.3. The summed E-state index contributed by atoms with van der Waals surface area (Å²) in [5.41, 5.74) is 1.60. The van der Waals surface area contributed by atoms with Gasteiger partial charge in [0.2, 0.25) is 0 Å². The number of rotatable bonds is 7. The molecule has 3 rings (SSSR count). The number of hydrogen-bond acceptors (Lipinski definition) is 3. The summed E-state index contributed by atoms with van der Waals surface area (Å²) in [5, 5.41) is 2.68. The molecule has 138 valence electrons. The minimum atomic E-state index is -0.703. The first-order chi connectivity index (χ1) is 13.1. The van der Waals surface area contributed by atoms with Crippen LogP contribution in [0.4, 0.5) is 10.1 Å². The van der Waals surface area contributed by atoms with E-state index in [2.05, 4.69) is 5.32 Å². The Labute approximate surface area is 157 Å². The van der Waals surface area contributed by atoms with Crippen molar-refractivity contribution < 1.29 is 18.7 Å². The first kappa shape index (κ1) is 18.5. The lowest BCUT2D eigenvalue weighted by molar-refractivity contribution is -0.122. The highest BCUT2D eigenvalue weighted by Gasteiger charge is 2.15. The molecule has 0 saturated heterocycles. The van der Waals surface area contributed by atoms with E-state index in [-0.39, 0.29) is 11.7 Å². The summed E-state index contributed by atoms with van der Waals surface area (Å²) in [4.78, 5) is 12.2. The van der Waals surface area contributed by atoms with Crippen molar-refractivity contribution in [2.75, 3.05) is 5.32 Å². The third-order valence-corrected chi connectivity index (χ3v) is 3.87. The molecule has 0 bridgehead atoms. The van der Waals surface area contributed by atoms with Crippen LogP contribution in [-0.4, -0.2) is 12.0 Å². The number of hydrogen-bond donors (Lipinski definition) is 1. The molecular formula is C22H20FNO3. The second-order valence-electron chi connectivity index (χ2n) is 6.00. The maximum Gasteiger partial charge on any atom is 0.265 e. The molecule has 0 heterocycles. The van der Waals surface area contributed by atoms with Gasteiger partial charge in [-0.2, -0.15) is 0 Å². The lowest BCUT2D eigenvalue weighted by atomic mass is 10.2. The Balaban J connectivity index is 1.51. The molecule has 1 atom stereocenters. The first-order valence-corrected chi connectivity index (χ1v) is 8.60. The molecule has 0 saturated carbocycles. The van der Waals surface area contributed by atoms with Crippen molar-refractivity contribution >= 4 is 11.6 Å². The van der Waals surface area contributed by atoms with Crippen LogP contribution in [0, 0.1) is 5.82 Å². The van der Waals surface area contributed by atoms with Gasteiger partial charge in [-0.15, -0.1) is 0 Å². The molecule has 3 aromatic carbocycles. The largest absolute Gasteiger partial charge is 0.489 e. The van der Waals surface area contributed by atoms with Gasteiger partial charge in [0.25, 0.3) is 5.91 Å². The lowest BCUT2D eigenvalue weighted by Gasteiger charge is -2.15. The Morgan fingerprint density at radius 1 is 0.926 bits per heavy atom. The Hall–Kier alpha value is -3.34. The number of anilines is 1. The topological polar surface area (TPSA) is 47.6 Å². The van der Waals surface area contributed by atoms with E-state index in [4.69, 9.17) is 9.47 Å². The van der Waals surface area contributed by atoms with Crippen molar-refractivity contribution in [3.63, 3.8) is 0 Å². The summed E-state index contributed by atoms with van der Waals surface area (Å²) in [7, 11) is 0. The summed E-state index contributed by atoms with van der Waals surface area (Å²) in [6.45, 7) is 2.14. The molecule has 0 spiro atoms. The average Bonchev–Trinajstić information content (AvgIpc) is 2.70. The highest BCUT2D eigenvalue weighted by molar-refractivity contribution is 5.94. The number of benzene rings is 3. The zero-order chi connectivity index (χ0) is 19.1. The predicted molar refractivity (Wildman–Crippen MR) is 102 cm³/mol. The van der Waals surface area contributed by atoms with Gasteiger partial charge in [-0.3, -0.25) is 4.79 Å². The van der Waals surface area contributed by atoms with Crippen molar-refractivity contribution in [3.8, 4) is 11.5 Å². The van der Waals surface area contributed by atoms with Gasteiger partial charge in [-0.25, -0.2) is 4.39 Å². The standard InChI is InChI=1S/C22H20FNO3/c1-16(22(25)24-19-9-7-18(23)8-10-19)27-21-13-11-20(12-14-21)26-15-17-5-3-2-4-6-17/h2-14,16H,15H2,1H3,(H,24,25). The molecule has 0 radical (unpaired) electrons. The normalized spacial score (nSPS) is 11.5. The van der Waals surface area contributed by atoms with Crippen LogP contribution in [0.2, 0.25) is 0 Å². The van der Waals surface area contributed by atoms with E-state index < -0.39 is 6.10 Å². The van der Waals surface area contributed by atoms with Gasteiger partial charge in [0.15, 0.2) is 6.10 Å². The van der Waals surface area contributed by atoms with E-state index in [1.165, 1.54) is 24.3 Å². The number of nitrogens with one attached hydrogen (secondary N) is 1. The van der Waals surface area contributed by atoms with Crippen molar-refractivity contribution in [2.45, 2.75) is 19.6 Å². The molecule has 3 aromatic rings. The molecule has 0 aliphatic carbocycles. The monoisotopic (exact) mass is 365 g/mol. The number of carbonyl (C=O) groups is 1. The quantitative estimate of drug-likeness (QED) is 0.654. The third kappa shape index (κ3) is 5.57. The molecule has 27 heavy (non-hydrogen) atoms.